The third-order valence-electron chi connectivity index (χ3n) is 4.34. The Bertz CT molecular complexity index is 953. The normalized spacial score (nSPS) is 12.1. The van der Waals surface area contributed by atoms with E-state index in [9.17, 15) is 18.0 Å². The Morgan fingerprint density at radius 2 is 1.59 bits per heavy atom. The topological polar surface area (TPSA) is 119 Å². The van der Waals surface area contributed by atoms with E-state index in [2.05, 4.69) is 24.1 Å². The number of esters is 1. The summed E-state index contributed by atoms with van der Waals surface area (Å²) in [5, 5.41) is 7.59. The highest BCUT2D eigenvalue weighted by Crippen LogP contribution is 2.17. The molecule has 0 aliphatic heterocycles. The van der Waals surface area contributed by atoms with E-state index in [1.165, 1.54) is 31.2 Å². The molecule has 0 aliphatic carbocycles. The first-order valence-electron chi connectivity index (χ1n) is 9.15. The molecular formula is C20H25N3O5S. The molecule has 156 valence electrons. The van der Waals surface area contributed by atoms with Crippen molar-refractivity contribution in [2.75, 3.05) is 23.3 Å². The van der Waals surface area contributed by atoms with E-state index in [-0.39, 0.29) is 4.90 Å². The Kier molecular flexibility index (Phi) is 7.35. The number of ether oxygens (including phenoxy) is 1. The van der Waals surface area contributed by atoms with Gasteiger partial charge >= 0.3 is 5.97 Å². The van der Waals surface area contributed by atoms with Gasteiger partial charge in [-0.25, -0.2) is 18.4 Å². The largest absolute Gasteiger partial charge is 0.449 e. The zero-order valence-corrected chi connectivity index (χ0v) is 17.4. The highest BCUT2D eigenvalue weighted by molar-refractivity contribution is 7.89. The van der Waals surface area contributed by atoms with Crippen LogP contribution in [-0.4, -0.2) is 39.5 Å². The molecule has 29 heavy (non-hydrogen) atoms. The number of sulfonamides is 1. The molecule has 1 amide bonds. The van der Waals surface area contributed by atoms with Crippen LogP contribution in [0.15, 0.2) is 53.4 Å². The molecule has 0 aliphatic rings. The lowest BCUT2D eigenvalue weighted by Crippen LogP contribution is -2.30. The first-order chi connectivity index (χ1) is 13.7. The number of rotatable bonds is 8. The molecule has 2 rings (SSSR count). The monoisotopic (exact) mass is 419 g/mol. The van der Waals surface area contributed by atoms with Crippen LogP contribution in [0.1, 0.15) is 31.1 Å². The maximum Gasteiger partial charge on any atom is 0.338 e. The third kappa shape index (κ3) is 6.03. The molecule has 0 spiro atoms. The van der Waals surface area contributed by atoms with Crippen LogP contribution >= 0.6 is 0 Å². The number of nitrogens with two attached hydrogens (primary N) is 1. The van der Waals surface area contributed by atoms with E-state index in [4.69, 9.17) is 9.88 Å². The number of hydrogen-bond donors (Lipinski definition) is 2. The average molecular weight is 420 g/mol. The molecule has 0 heterocycles. The van der Waals surface area contributed by atoms with Crippen molar-refractivity contribution in [1.29, 1.82) is 0 Å². The van der Waals surface area contributed by atoms with Gasteiger partial charge in [0.2, 0.25) is 10.0 Å². The van der Waals surface area contributed by atoms with E-state index in [0.717, 1.165) is 18.8 Å². The molecule has 9 heteroatoms. The molecule has 0 bridgehead atoms. The fourth-order valence-electron chi connectivity index (χ4n) is 2.65. The van der Waals surface area contributed by atoms with Crippen LogP contribution in [0, 0.1) is 0 Å². The molecule has 0 fully saturated rings. The van der Waals surface area contributed by atoms with Crippen molar-refractivity contribution in [2.24, 2.45) is 5.14 Å². The van der Waals surface area contributed by atoms with E-state index in [1.807, 2.05) is 12.1 Å². The fraction of sp³-hybridized carbons (Fsp3) is 0.300. The third-order valence-corrected chi connectivity index (χ3v) is 5.26. The van der Waals surface area contributed by atoms with Crippen molar-refractivity contribution >= 4 is 33.3 Å². The van der Waals surface area contributed by atoms with Crippen LogP contribution in [0.2, 0.25) is 0 Å². The highest BCUT2D eigenvalue weighted by atomic mass is 32.2. The summed E-state index contributed by atoms with van der Waals surface area (Å²) < 4.78 is 27.7. The van der Waals surface area contributed by atoms with Gasteiger partial charge in [0.05, 0.1) is 10.5 Å². The molecule has 0 unspecified atom stereocenters. The van der Waals surface area contributed by atoms with Crippen molar-refractivity contribution in [3.8, 4) is 0 Å². The minimum atomic E-state index is -3.81. The smallest absolute Gasteiger partial charge is 0.338 e. The summed E-state index contributed by atoms with van der Waals surface area (Å²) >= 11 is 0. The zero-order chi connectivity index (χ0) is 21.6. The van der Waals surface area contributed by atoms with E-state index in [1.54, 1.807) is 12.1 Å². The standard InChI is InChI=1S/C20H25N3O5S/c1-4-23(5-2)17-10-6-15(7-11-17)20(25)28-14(3)19(24)22-16-8-12-18(13-9-16)29(21,26)27/h6-14H,4-5H2,1-3H3,(H,22,24)(H2,21,26,27)/t14-/m1/s1. The van der Waals surface area contributed by atoms with Gasteiger partial charge < -0.3 is 15.0 Å². The summed E-state index contributed by atoms with van der Waals surface area (Å²) in [4.78, 5) is 26.6. The summed E-state index contributed by atoms with van der Waals surface area (Å²) in [6.45, 7) is 7.27. The molecule has 2 aromatic rings. The number of anilines is 2. The van der Waals surface area contributed by atoms with E-state index in [0.29, 0.717) is 11.3 Å². The maximum absolute atomic E-state index is 12.3. The highest BCUT2D eigenvalue weighted by Gasteiger charge is 2.19. The minimum Gasteiger partial charge on any atom is -0.449 e. The van der Waals surface area contributed by atoms with Gasteiger partial charge in [-0.3, -0.25) is 4.79 Å². The molecule has 2 aromatic carbocycles. The van der Waals surface area contributed by atoms with Crippen LogP contribution in [0.5, 0.6) is 0 Å². The van der Waals surface area contributed by atoms with Crippen LogP contribution in [0.25, 0.3) is 0 Å². The molecule has 0 saturated carbocycles. The molecule has 0 saturated heterocycles. The van der Waals surface area contributed by atoms with Crippen molar-refractivity contribution in [3.05, 3.63) is 54.1 Å². The second kappa shape index (κ2) is 9.53. The van der Waals surface area contributed by atoms with Crippen molar-refractivity contribution in [1.82, 2.24) is 0 Å². The van der Waals surface area contributed by atoms with Crippen LogP contribution in [-0.2, 0) is 19.6 Å². The van der Waals surface area contributed by atoms with Gasteiger partial charge in [0, 0.05) is 24.5 Å². The van der Waals surface area contributed by atoms with Crippen molar-refractivity contribution < 1.29 is 22.7 Å². The van der Waals surface area contributed by atoms with Crippen molar-refractivity contribution in [3.63, 3.8) is 0 Å². The van der Waals surface area contributed by atoms with Crippen LogP contribution < -0.4 is 15.4 Å². The summed E-state index contributed by atoms with van der Waals surface area (Å²) in [6, 6.07) is 12.3. The Morgan fingerprint density at radius 3 is 2.07 bits per heavy atom. The minimum absolute atomic E-state index is 0.0665. The molecule has 3 N–H and O–H groups in total. The number of primary sulfonamides is 1. The Hall–Kier alpha value is -2.91. The quantitative estimate of drug-likeness (QED) is 0.634. The predicted octanol–water partition coefficient (Wildman–Crippen LogP) is 2.36. The Labute approximate surface area is 170 Å². The van der Waals surface area contributed by atoms with E-state index < -0.39 is 28.0 Å². The van der Waals surface area contributed by atoms with Gasteiger partial charge in [0.15, 0.2) is 6.10 Å². The maximum atomic E-state index is 12.3. The fourth-order valence-corrected chi connectivity index (χ4v) is 3.17. The zero-order valence-electron chi connectivity index (χ0n) is 16.6. The lowest BCUT2D eigenvalue weighted by atomic mass is 10.2. The molecule has 0 radical (unpaired) electrons. The Balaban J connectivity index is 1.97. The first kappa shape index (κ1) is 22.4. The number of hydrogen-bond acceptors (Lipinski definition) is 6. The van der Waals surface area contributed by atoms with Gasteiger partial charge in [-0.2, -0.15) is 0 Å². The number of carbonyl (C=O) groups excluding carboxylic acids is 2. The van der Waals surface area contributed by atoms with Gasteiger partial charge in [-0.15, -0.1) is 0 Å². The van der Waals surface area contributed by atoms with Gasteiger partial charge in [-0.1, -0.05) is 0 Å². The van der Waals surface area contributed by atoms with E-state index >= 15 is 0 Å². The molecular weight excluding hydrogens is 394 g/mol. The Morgan fingerprint density at radius 1 is 1.03 bits per heavy atom. The number of benzene rings is 2. The molecule has 1 atom stereocenters. The molecule has 8 nitrogen and oxygen atoms in total. The SMILES string of the molecule is CCN(CC)c1ccc(C(=O)O[C@H](C)C(=O)Nc2ccc(S(N)(=O)=O)cc2)cc1. The second-order valence-electron chi connectivity index (χ2n) is 6.33. The first-order valence-corrected chi connectivity index (χ1v) is 10.7. The number of carbonyl (C=O) groups is 2. The van der Waals surface area contributed by atoms with Gasteiger partial charge in [-0.05, 0) is 69.3 Å². The number of nitrogens with one attached hydrogen (secondary N) is 1. The predicted molar refractivity (Wildman–Crippen MR) is 111 cm³/mol. The van der Waals surface area contributed by atoms with Crippen molar-refractivity contribution in [2.45, 2.75) is 31.8 Å². The lowest BCUT2D eigenvalue weighted by molar-refractivity contribution is -0.123. The summed E-state index contributed by atoms with van der Waals surface area (Å²) in [6.07, 6.45) is -1.04. The number of amides is 1. The summed E-state index contributed by atoms with van der Waals surface area (Å²) in [5.41, 5.74) is 1.70. The van der Waals surface area contributed by atoms with Crippen LogP contribution in [0.3, 0.4) is 0 Å². The lowest BCUT2D eigenvalue weighted by Gasteiger charge is -2.21. The van der Waals surface area contributed by atoms with Crippen LogP contribution in [0.4, 0.5) is 11.4 Å². The molecule has 0 aromatic heterocycles. The van der Waals surface area contributed by atoms with Gasteiger partial charge in [0.1, 0.15) is 0 Å². The summed E-state index contributed by atoms with van der Waals surface area (Å²) in [5.74, 6) is -1.15. The second-order valence-corrected chi connectivity index (χ2v) is 7.89. The summed E-state index contributed by atoms with van der Waals surface area (Å²) in [7, 11) is -3.81. The number of nitrogens with zero attached hydrogens (tertiary/aromatic N) is 1. The van der Waals surface area contributed by atoms with Gasteiger partial charge in [0.25, 0.3) is 5.91 Å². The average Bonchev–Trinajstić information content (AvgIpc) is 2.69.